The van der Waals surface area contributed by atoms with Crippen LogP contribution in [0.2, 0.25) is 0 Å². The number of hydrogen-bond donors (Lipinski definition) is 2. The van der Waals surface area contributed by atoms with Gasteiger partial charge in [0, 0.05) is 23.0 Å². The third kappa shape index (κ3) is 2.15. The van der Waals surface area contributed by atoms with Crippen LogP contribution in [0.5, 0.6) is 5.75 Å². The molecule has 0 radical (unpaired) electrons. The summed E-state index contributed by atoms with van der Waals surface area (Å²) in [5.41, 5.74) is 4.87. The monoisotopic (exact) mass is 273 g/mol. The normalized spacial score (nSPS) is 18.0. The van der Waals surface area contributed by atoms with Gasteiger partial charge >= 0.3 is 5.97 Å². The molecule has 0 aliphatic heterocycles. The van der Waals surface area contributed by atoms with Crippen LogP contribution in [0.3, 0.4) is 0 Å². The van der Waals surface area contributed by atoms with Gasteiger partial charge in [-0.1, -0.05) is 0 Å². The van der Waals surface area contributed by atoms with Crippen molar-refractivity contribution in [2.24, 2.45) is 5.92 Å². The average Bonchev–Trinajstić information content (AvgIpc) is 2.77. The SMILES string of the molecule is COc1cc(C)c2[nH]c3c(c2c1)CC(CC(=O)O)CC3. The zero-order valence-corrected chi connectivity index (χ0v) is 11.8. The van der Waals surface area contributed by atoms with Crippen molar-refractivity contribution in [1.82, 2.24) is 4.98 Å². The third-order valence-electron chi connectivity index (χ3n) is 4.27. The Bertz CT molecular complexity index is 672. The van der Waals surface area contributed by atoms with Crippen LogP contribution in [0.15, 0.2) is 12.1 Å². The first kappa shape index (κ1) is 13.0. The lowest BCUT2D eigenvalue weighted by Crippen LogP contribution is -2.16. The van der Waals surface area contributed by atoms with E-state index in [0.717, 1.165) is 30.5 Å². The number of methoxy groups -OCH3 is 1. The second kappa shape index (κ2) is 4.85. The van der Waals surface area contributed by atoms with Gasteiger partial charge in [-0.3, -0.25) is 4.79 Å². The maximum Gasteiger partial charge on any atom is 0.303 e. The van der Waals surface area contributed by atoms with E-state index in [1.807, 2.05) is 6.07 Å². The molecular weight excluding hydrogens is 254 g/mol. The van der Waals surface area contributed by atoms with E-state index < -0.39 is 5.97 Å². The summed E-state index contributed by atoms with van der Waals surface area (Å²) in [4.78, 5) is 14.4. The fourth-order valence-electron chi connectivity index (χ4n) is 3.27. The number of nitrogens with one attached hydrogen (secondary N) is 1. The molecule has 3 rings (SSSR count). The molecular formula is C16H19NO3. The Morgan fingerprint density at radius 2 is 2.30 bits per heavy atom. The Morgan fingerprint density at radius 1 is 1.50 bits per heavy atom. The number of carboxylic acids is 1. The first-order valence-corrected chi connectivity index (χ1v) is 6.98. The molecule has 0 saturated heterocycles. The van der Waals surface area contributed by atoms with E-state index in [9.17, 15) is 4.79 Å². The van der Waals surface area contributed by atoms with E-state index in [4.69, 9.17) is 9.84 Å². The molecule has 1 aromatic carbocycles. The fraction of sp³-hybridized carbons (Fsp3) is 0.438. The van der Waals surface area contributed by atoms with Crippen LogP contribution >= 0.6 is 0 Å². The highest BCUT2D eigenvalue weighted by molar-refractivity contribution is 5.89. The lowest BCUT2D eigenvalue weighted by molar-refractivity contribution is -0.138. The molecule has 1 heterocycles. The minimum atomic E-state index is -0.702. The van der Waals surface area contributed by atoms with Crippen molar-refractivity contribution in [3.63, 3.8) is 0 Å². The number of hydrogen-bond acceptors (Lipinski definition) is 2. The smallest absolute Gasteiger partial charge is 0.303 e. The Morgan fingerprint density at radius 3 is 3.00 bits per heavy atom. The van der Waals surface area contributed by atoms with Crippen LogP contribution in [-0.2, 0) is 17.6 Å². The minimum absolute atomic E-state index is 0.241. The number of aromatic amines is 1. The molecule has 4 heteroatoms. The number of carboxylic acid groups (broad SMARTS) is 1. The van der Waals surface area contributed by atoms with Gasteiger partial charge in [0.15, 0.2) is 0 Å². The summed E-state index contributed by atoms with van der Waals surface area (Å²) in [7, 11) is 1.67. The Balaban J connectivity index is 2.05. The van der Waals surface area contributed by atoms with Crippen molar-refractivity contribution in [2.45, 2.75) is 32.6 Å². The molecule has 0 bridgehead atoms. The van der Waals surface area contributed by atoms with Gasteiger partial charge < -0.3 is 14.8 Å². The molecule has 4 nitrogen and oxygen atoms in total. The van der Waals surface area contributed by atoms with Gasteiger partial charge in [-0.15, -0.1) is 0 Å². The van der Waals surface area contributed by atoms with E-state index >= 15 is 0 Å². The van der Waals surface area contributed by atoms with E-state index in [0.29, 0.717) is 0 Å². The number of fused-ring (bicyclic) bond motifs is 3. The van der Waals surface area contributed by atoms with Crippen molar-refractivity contribution in [3.8, 4) is 5.75 Å². The van der Waals surface area contributed by atoms with Crippen molar-refractivity contribution >= 4 is 16.9 Å². The Kier molecular flexibility index (Phi) is 3.16. The zero-order valence-electron chi connectivity index (χ0n) is 11.8. The van der Waals surface area contributed by atoms with Crippen LogP contribution in [0.4, 0.5) is 0 Å². The van der Waals surface area contributed by atoms with Gasteiger partial charge in [-0.25, -0.2) is 0 Å². The number of H-pyrrole nitrogens is 1. The number of aromatic nitrogens is 1. The van der Waals surface area contributed by atoms with Gasteiger partial charge in [0.05, 0.1) is 7.11 Å². The number of ether oxygens (including phenoxy) is 1. The summed E-state index contributed by atoms with van der Waals surface area (Å²) < 4.78 is 5.35. The summed E-state index contributed by atoms with van der Waals surface area (Å²) in [5.74, 6) is 0.398. The van der Waals surface area contributed by atoms with Gasteiger partial charge in [0.1, 0.15) is 5.75 Å². The molecule has 106 valence electrons. The number of carbonyl (C=O) groups is 1. The molecule has 1 unspecified atom stereocenters. The van der Waals surface area contributed by atoms with Crippen molar-refractivity contribution in [3.05, 3.63) is 29.0 Å². The number of benzene rings is 1. The highest BCUT2D eigenvalue weighted by atomic mass is 16.5. The van der Waals surface area contributed by atoms with Crippen LogP contribution < -0.4 is 4.74 Å². The fourth-order valence-corrected chi connectivity index (χ4v) is 3.27. The van der Waals surface area contributed by atoms with Gasteiger partial charge in [0.2, 0.25) is 0 Å². The highest BCUT2D eigenvalue weighted by Crippen LogP contribution is 2.36. The predicted molar refractivity (Wildman–Crippen MR) is 77.4 cm³/mol. The molecule has 2 aromatic rings. The van der Waals surface area contributed by atoms with E-state index in [1.54, 1.807) is 7.11 Å². The molecule has 1 aliphatic rings. The molecule has 0 spiro atoms. The molecule has 1 atom stereocenters. The molecule has 2 N–H and O–H groups in total. The molecule has 20 heavy (non-hydrogen) atoms. The summed E-state index contributed by atoms with van der Waals surface area (Å²) >= 11 is 0. The maximum absolute atomic E-state index is 10.9. The second-order valence-corrected chi connectivity index (χ2v) is 5.66. The first-order valence-electron chi connectivity index (χ1n) is 6.98. The average molecular weight is 273 g/mol. The van der Waals surface area contributed by atoms with E-state index in [2.05, 4.69) is 18.0 Å². The quantitative estimate of drug-likeness (QED) is 0.903. The molecule has 0 amide bonds. The maximum atomic E-state index is 10.9. The van der Waals surface area contributed by atoms with E-state index in [1.165, 1.54) is 22.2 Å². The lowest BCUT2D eigenvalue weighted by atomic mass is 9.84. The minimum Gasteiger partial charge on any atom is -0.497 e. The van der Waals surface area contributed by atoms with Crippen LogP contribution in [0.1, 0.15) is 29.7 Å². The molecule has 1 aromatic heterocycles. The van der Waals surface area contributed by atoms with E-state index in [-0.39, 0.29) is 12.3 Å². The third-order valence-corrected chi connectivity index (χ3v) is 4.27. The Hall–Kier alpha value is -1.97. The number of aryl methyl sites for hydroxylation is 2. The molecule has 0 saturated carbocycles. The largest absolute Gasteiger partial charge is 0.497 e. The number of aliphatic carboxylic acids is 1. The lowest BCUT2D eigenvalue weighted by Gasteiger charge is -2.20. The van der Waals surface area contributed by atoms with Crippen LogP contribution in [0, 0.1) is 12.8 Å². The van der Waals surface area contributed by atoms with Gasteiger partial charge in [-0.05, 0) is 55.4 Å². The van der Waals surface area contributed by atoms with Crippen LogP contribution in [-0.4, -0.2) is 23.2 Å². The summed E-state index contributed by atoms with van der Waals surface area (Å²) in [5, 5.41) is 10.2. The van der Waals surface area contributed by atoms with Gasteiger partial charge in [0.25, 0.3) is 0 Å². The topological polar surface area (TPSA) is 62.3 Å². The zero-order chi connectivity index (χ0) is 14.3. The molecule has 1 aliphatic carbocycles. The molecule has 0 fully saturated rings. The first-order chi connectivity index (χ1) is 9.58. The summed E-state index contributed by atoms with van der Waals surface area (Å²) in [6.07, 6.45) is 2.98. The highest BCUT2D eigenvalue weighted by Gasteiger charge is 2.24. The van der Waals surface area contributed by atoms with Crippen molar-refractivity contribution in [2.75, 3.05) is 7.11 Å². The standard InChI is InChI=1S/C16H19NO3/c1-9-5-11(20-2)8-13-12-6-10(7-15(18)19)3-4-14(12)17-16(9)13/h5,8,10,17H,3-4,6-7H2,1-2H3,(H,18,19). The van der Waals surface area contributed by atoms with Crippen LogP contribution in [0.25, 0.3) is 10.9 Å². The predicted octanol–water partition coefficient (Wildman–Crippen LogP) is 3.06. The van der Waals surface area contributed by atoms with Crippen molar-refractivity contribution < 1.29 is 14.6 Å². The second-order valence-electron chi connectivity index (χ2n) is 5.66. The van der Waals surface area contributed by atoms with Crippen molar-refractivity contribution in [1.29, 1.82) is 0 Å². The summed E-state index contributed by atoms with van der Waals surface area (Å²) in [6, 6.07) is 4.08. The Labute approximate surface area is 117 Å². The summed E-state index contributed by atoms with van der Waals surface area (Å²) in [6.45, 7) is 2.07. The number of rotatable bonds is 3. The van der Waals surface area contributed by atoms with Gasteiger partial charge in [-0.2, -0.15) is 0 Å².